The summed E-state index contributed by atoms with van der Waals surface area (Å²) in [4.78, 5) is 13.3. The van der Waals surface area contributed by atoms with Crippen molar-refractivity contribution in [3.05, 3.63) is 120 Å². The molecule has 0 bridgehead atoms. The number of hydrazine groups is 1. The number of benzene rings is 4. The van der Waals surface area contributed by atoms with Crippen LogP contribution in [0.3, 0.4) is 0 Å². The standard InChI is InChI=1S/C26H20N2O2/c29-25-21-14-8-7-9-18(21)15-16-22(25)23-17-24(19-10-3-1-4-11-19)28(27-23)26(30)20-12-5-2-6-13-20/h1-17,24,27,29H/t24-/m0/s1. The molecule has 4 aromatic rings. The van der Waals surface area contributed by atoms with Gasteiger partial charge in [0.15, 0.2) is 0 Å². The zero-order valence-electron chi connectivity index (χ0n) is 16.2. The Kier molecular flexibility index (Phi) is 4.45. The van der Waals surface area contributed by atoms with Gasteiger partial charge in [-0.3, -0.25) is 10.2 Å². The normalized spacial score (nSPS) is 15.7. The zero-order valence-corrected chi connectivity index (χ0v) is 16.2. The number of aromatic hydroxyl groups is 1. The average Bonchev–Trinajstić information content (AvgIpc) is 3.25. The smallest absolute Gasteiger partial charge is 0.273 e. The summed E-state index contributed by atoms with van der Waals surface area (Å²) in [7, 11) is 0. The molecule has 0 aliphatic carbocycles. The van der Waals surface area contributed by atoms with Crippen LogP contribution in [0.25, 0.3) is 16.5 Å². The predicted molar refractivity (Wildman–Crippen MR) is 119 cm³/mol. The Balaban J connectivity index is 1.59. The first-order valence-corrected chi connectivity index (χ1v) is 9.85. The molecule has 0 radical (unpaired) electrons. The molecular formula is C26H20N2O2. The SMILES string of the molecule is O=C(c1ccccc1)N1NC(c2ccc3ccccc3c2O)=C[C@H]1c1ccccc1. The van der Waals surface area contributed by atoms with E-state index in [9.17, 15) is 9.90 Å². The van der Waals surface area contributed by atoms with E-state index in [0.29, 0.717) is 16.8 Å². The van der Waals surface area contributed by atoms with E-state index in [-0.39, 0.29) is 17.7 Å². The van der Waals surface area contributed by atoms with E-state index in [1.54, 1.807) is 17.1 Å². The van der Waals surface area contributed by atoms with Gasteiger partial charge in [0, 0.05) is 16.5 Å². The number of fused-ring (bicyclic) bond motifs is 1. The molecule has 2 N–H and O–H groups in total. The van der Waals surface area contributed by atoms with Gasteiger partial charge in [0.05, 0.1) is 11.7 Å². The molecule has 0 saturated heterocycles. The molecular weight excluding hydrogens is 372 g/mol. The Labute approximate surface area is 174 Å². The van der Waals surface area contributed by atoms with Crippen LogP contribution < -0.4 is 5.43 Å². The lowest BCUT2D eigenvalue weighted by molar-refractivity contribution is 0.0672. The summed E-state index contributed by atoms with van der Waals surface area (Å²) in [6.07, 6.45) is 1.99. The van der Waals surface area contributed by atoms with Gasteiger partial charge in [-0.05, 0) is 35.2 Å². The minimum Gasteiger partial charge on any atom is -0.507 e. The fourth-order valence-corrected chi connectivity index (χ4v) is 3.88. The number of amides is 1. The number of phenolic OH excluding ortho intramolecular Hbond substituents is 1. The molecule has 0 fully saturated rings. The number of phenols is 1. The lowest BCUT2D eigenvalue weighted by atomic mass is 10.0. The van der Waals surface area contributed by atoms with Crippen LogP contribution in [0.5, 0.6) is 5.75 Å². The van der Waals surface area contributed by atoms with E-state index in [0.717, 1.165) is 16.3 Å². The van der Waals surface area contributed by atoms with Crippen LogP contribution >= 0.6 is 0 Å². The van der Waals surface area contributed by atoms with E-state index in [4.69, 9.17) is 0 Å². The summed E-state index contributed by atoms with van der Waals surface area (Å²) in [6.45, 7) is 0. The van der Waals surface area contributed by atoms with Crippen molar-refractivity contribution in [2.45, 2.75) is 6.04 Å². The van der Waals surface area contributed by atoms with Crippen molar-refractivity contribution in [3.63, 3.8) is 0 Å². The largest absolute Gasteiger partial charge is 0.507 e. The van der Waals surface area contributed by atoms with Gasteiger partial charge in [0.1, 0.15) is 5.75 Å². The van der Waals surface area contributed by atoms with Crippen molar-refractivity contribution in [3.8, 4) is 5.75 Å². The fraction of sp³-hybridized carbons (Fsp3) is 0.0385. The molecule has 0 aromatic heterocycles. The number of rotatable bonds is 3. The van der Waals surface area contributed by atoms with E-state index in [1.807, 2.05) is 91.0 Å². The maximum Gasteiger partial charge on any atom is 0.273 e. The highest BCUT2D eigenvalue weighted by Crippen LogP contribution is 2.38. The molecule has 4 nitrogen and oxygen atoms in total. The molecule has 0 saturated carbocycles. The summed E-state index contributed by atoms with van der Waals surface area (Å²) in [5, 5.41) is 14.3. The number of hydrogen-bond acceptors (Lipinski definition) is 3. The molecule has 0 unspecified atom stereocenters. The minimum absolute atomic E-state index is 0.129. The highest BCUT2D eigenvalue weighted by molar-refractivity contribution is 5.97. The monoisotopic (exact) mass is 392 g/mol. The third kappa shape index (κ3) is 3.08. The van der Waals surface area contributed by atoms with Crippen LogP contribution in [0.4, 0.5) is 0 Å². The van der Waals surface area contributed by atoms with Crippen LogP contribution in [0.2, 0.25) is 0 Å². The topological polar surface area (TPSA) is 52.6 Å². The number of carbonyl (C=O) groups is 1. The summed E-state index contributed by atoms with van der Waals surface area (Å²) in [5.41, 5.74) is 6.20. The van der Waals surface area contributed by atoms with E-state index < -0.39 is 0 Å². The van der Waals surface area contributed by atoms with Crippen LogP contribution in [0.1, 0.15) is 27.5 Å². The summed E-state index contributed by atoms with van der Waals surface area (Å²) >= 11 is 0. The molecule has 1 heterocycles. The van der Waals surface area contributed by atoms with Gasteiger partial charge in [-0.2, -0.15) is 0 Å². The van der Waals surface area contributed by atoms with Crippen molar-refractivity contribution in [2.75, 3.05) is 0 Å². The first-order valence-electron chi connectivity index (χ1n) is 9.85. The van der Waals surface area contributed by atoms with E-state index in [1.165, 1.54) is 0 Å². The van der Waals surface area contributed by atoms with Gasteiger partial charge in [-0.15, -0.1) is 0 Å². The zero-order chi connectivity index (χ0) is 20.5. The number of nitrogens with zero attached hydrogens (tertiary/aromatic N) is 1. The molecule has 146 valence electrons. The molecule has 5 rings (SSSR count). The minimum atomic E-state index is -0.292. The summed E-state index contributed by atoms with van der Waals surface area (Å²) in [6, 6.07) is 30.3. The second-order valence-corrected chi connectivity index (χ2v) is 7.27. The van der Waals surface area contributed by atoms with Crippen molar-refractivity contribution >= 4 is 22.4 Å². The van der Waals surface area contributed by atoms with Crippen LogP contribution in [0.15, 0.2) is 103 Å². The van der Waals surface area contributed by atoms with Gasteiger partial charge in [-0.25, -0.2) is 5.01 Å². The summed E-state index contributed by atoms with van der Waals surface area (Å²) in [5.74, 6) is 0.0728. The Hall–Kier alpha value is -4.05. The average molecular weight is 392 g/mol. The maximum absolute atomic E-state index is 13.3. The van der Waals surface area contributed by atoms with Crippen LogP contribution in [-0.2, 0) is 0 Å². The Morgan fingerprint density at radius 3 is 2.23 bits per heavy atom. The molecule has 1 aliphatic heterocycles. The lowest BCUT2D eigenvalue weighted by Gasteiger charge is -2.25. The van der Waals surface area contributed by atoms with Gasteiger partial charge in [0.25, 0.3) is 5.91 Å². The number of nitrogens with one attached hydrogen (secondary N) is 1. The number of carbonyl (C=O) groups excluding carboxylic acids is 1. The molecule has 1 amide bonds. The number of hydrogen-bond donors (Lipinski definition) is 2. The lowest BCUT2D eigenvalue weighted by Crippen LogP contribution is -2.39. The molecule has 30 heavy (non-hydrogen) atoms. The molecule has 4 aromatic carbocycles. The third-order valence-electron chi connectivity index (χ3n) is 5.42. The second-order valence-electron chi connectivity index (χ2n) is 7.27. The Bertz CT molecular complexity index is 1250. The van der Waals surface area contributed by atoms with Gasteiger partial charge in [-0.1, -0.05) is 78.9 Å². The van der Waals surface area contributed by atoms with Gasteiger partial charge in [0.2, 0.25) is 0 Å². The van der Waals surface area contributed by atoms with Crippen LogP contribution in [0, 0.1) is 0 Å². The fourth-order valence-electron chi connectivity index (χ4n) is 3.88. The highest BCUT2D eigenvalue weighted by Gasteiger charge is 2.32. The first kappa shape index (κ1) is 18.0. The van der Waals surface area contributed by atoms with Crippen molar-refractivity contribution < 1.29 is 9.90 Å². The second kappa shape index (κ2) is 7.41. The molecule has 1 aliphatic rings. The maximum atomic E-state index is 13.3. The van der Waals surface area contributed by atoms with Gasteiger partial charge >= 0.3 is 0 Å². The first-order chi connectivity index (χ1) is 14.7. The summed E-state index contributed by atoms with van der Waals surface area (Å²) < 4.78 is 0. The predicted octanol–water partition coefficient (Wildman–Crippen LogP) is 5.29. The molecule has 0 spiro atoms. The van der Waals surface area contributed by atoms with Crippen molar-refractivity contribution in [2.24, 2.45) is 0 Å². The van der Waals surface area contributed by atoms with E-state index >= 15 is 0 Å². The van der Waals surface area contributed by atoms with Crippen LogP contribution in [-0.4, -0.2) is 16.0 Å². The van der Waals surface area contributed by atoms with Crippen molar-refractivity contribution in [1.82, 2.24) is 10.4 Å². The third-order valence-corrected chi connectivity index (χ3v) is 5.42. The molecule has 4 heteroatoms. The van der Waals surface area contributed by atoms with E-state index in [2.05, 4.69) is 5.43 Å². The van der Waals surface area contributed by atoms with Crippen molar-refractivity contribution in [1.29, 1.82) is 0 Å². The molecule has 1 atom stereocenters. The highest BCUT2D eigenvalue weighted by atomic mass is 16.3. The quantitative estimate of drug-likeness (QED) is 0.498. The Morgan fingerprint density at radius 2 is 1.47 bits per heavy atom. The van der Waals surface area contributed by atoms with Gasteiger partial charge < -0.3 is 5.11 Å². The Morgan fingerprint density at radius 1 is 0.800 bits per heavy atom.